The smallest absolute Gasteiger partial charge is 0.427 e. The zero-order chi connectivity index (χ0) is 25.2. The van der Waals surface area contributed by atoms with Crippen molar-refractivity contribution in [2.75, 3.05) is 4.90 Å². The van der Waals surface area contributed by atoms with E-state index in [0.29, 0.717) is 17.3 Å². The van der Waals surface area contributed by atoms with Gasteiger partial charge in [0.2, 0.25) is 0 Å². The van der Waals surface area contributed by atoms with E-state index in [-0.39, 0.29) is 5.76 Å². The molecule has 0 spiro atoms. The maximum absolute atomic E-state index is 12.9. The van der Waals surface area contributed by atoms with Crippen molar-refractivity contribution < 1.29 is 19.1 Å². The predicted octanol–water partition coefficient (Wildman–Crippen LogP) is 6.85. The van der Waals surface area contributed by atoms with Gasteiger partial charge in [0.05, 0.1) is 5.69 Å². The van der Waals surface area contributed by atoms with Gasteiger partial charge in [0.25, 0.3) is 0 Å². The van der Waals surface area contributed by atoms with Crippen molar-refractivity contribution >= 4 is 35.4 Å². The molecule has 5 rings (SSSR count). The van der Waals surface area contributed by atoms with Gasteiger partial charge < -0.3 is 14.0 Å². The van der Waals surface area contributed by atoms with Crippen LogP contribution in [0, 0.1) is 13.8 Å². The third kappa shape index (κ3) is 4.51. The zero-order valence-electron chi connectivity index (χ0n) is 19.8. The number of anilines is 1. The fourth-order valence-corrected chi connectivity index (χ4v) is 4.40. The number of carbonyl (C=O) groups is 2. The molecule has 1 aliphatic rings. The quantitative estimate of drug-likeness (QED) is 0.273. The third-order valence-electron chi connectivity index (χ3n) is 6.01. The first-order chi connectivity index (χ1) is 17.4. The Morgan fingerprint density at radius 2 is 1.58 bits per heavy atom. The summed E-state index contributed by atoms with van der Waals surface area (Å²) in [5.41, 5.74) is 5.01. The first kappa shape index (κ1) is 23.5. The Morgan fingerprint density at radius 1 is 0.889 bits per heavy atom. The molecule has 2 amide bonds. The Bertz CT molecular complexity index is 1470. The lowest BCUT2D eigenvalue weighted by Gasteiger charge is -2.12. The highest BCUT2D eigenvalue weighted by atomic mass is 35.5. The van der Waals surface area contributed by atoms with Gasteiger partial charge in [0.1, 0.15) is 12.4 Å². The molecule has 0 N–H and O–H groups in total. The Balaban J connectivity index is 1.36. The molecular formula is C29H23ClN2O4. The highest BCUT2D eigenvalue weighted by Crippen LogP contribution is 2.29. The van der Waals surface area contributed by atoms with Gasteiger partial charge in [-0.25, -0.2) is 9.69 Å². The van der Waals surface area contributed by atoms with Gasteiger partial charge in [-0.3, -0.25) is 4.79 Å². The van der Waals surface area contributed by atoms with Gasteiger partial charge in [-0.2, -0.15) is 0 Å². The number of aryl methyl sites for hydroxylation is 1. The Labute approximate surface area is 213 Å². The standard InChI is InChI=1S/C29H23ClN2O4/c1-19-16-22(17-27-28(33)32(29(34)36-27)23-9-4-3-5-10-23)20(2)31(19)24-12-14-25(15-13-24)35-18-21-8-6-7-11-26(21)30/h3-17H,18H2,1-2H3. The van der Waals surface area contributed by atoms with Crippen LogP contribution in [0.2, 0.25) is 5.02 Å². The molecule has 0 aliphatic carbocycles. The summed E-state index contributed by atoms with van der Waals surface area (Å²) in [4.78, 5) is 26.3. The van der Waals surface area contributed by atoms with Gasteiger partial charge in [-0.1, -0.05) is 48.0 Å². The molecule has 1 fully saturated rings. The zero-order valence-corrected chi connectivity index (χ0v) is 20.5. The molecule has 6 nitrogen and oxygen atoms in total. The van der Waals surface area contributed by atoms with Crippen LogP contribution < -0.4 is 9.64 Å². The third-order valence-corrected chi connectivity index (χ3v) is 6.38. The lowest BCUT2D eigenvalue weighted by molar-refractivity contribution is -0.114. The summed E-state index contributed by atoms with van der Waals surface area (Å²) in [7, 11) is 0. The van der Waals surface area contributed by atoms with Gasteiger partial charge >= 0.3 is 12.0 Å². The summed E-state index contributed by atoms with van der Waals surface area (Å²) in [5.74, 6) is 0.233. The number of halogens is 1. The van der Waals surface area contributed by atoms with E-state index < -0.39 is 12.0 Å². The number of nitrogens with zero attached hydrogens (tertiary/aromatic N) is 2. The van der Waals surface area contributed by atoms with E-state index in [1.54, 1.807) is 30.3 Å². The van der Waals surface area contributed by atoms with Crippen molar-refractivity contribution in [3.05, 3.63) is 118 Å². The van der Waals surface area contributed by atoms with Gasteiger partial charge in [-0.05, 0) is 74.0 Å². The molecule has 3 aromatic carbocycles. The molecule has 1 saturated heterocycles. The summed E-state index contributed by atoms with van der Waals surface area (Å²) in [6.07, 6.45) is 0.905. The number of rotatable bonds is 6. The number of benzene rings is 3. The summed E-state index contributed by atoms with van der Waals surface area (Å²) in [6.45, 7) is 4.32. The van der Waals surface area contributed by atoms with Crippen LogP contribution >= 0.6 is 11.6 Å². The molecule has 2 heterocycles. The highest BCUT2D eigenvalue weighted by Gasteiger charge is 2.37. The average molecular weight is 499 g/mol. The maximum Gasteiger partial charge on any atom is 0.427 e. The predicted molar refractivity (Wildman–Crippen MR) is 139 cm³/mol. The Morgan fingerprint density at radius 3 is 2.31 bits per heavy atom. The van der Waals surface area contributed by atoms with Crippen LogP contribution in [-0.4, -0.2) is 16.6 Å². The number of aromatic nitrogens is 1. The molecule has 7 heteroatoms. The van der Waals surface area contributed by atoms with E-state index in [1.165, 1.54) is 0 Å². The number of hydrogen-bond acceptors (Lipinski definition) is 4. The van der Waals surface area contributed by atoms with Crippen molar-refractivity contribution in [2.45, 2.75) is 20.5 Å². The lowest BCUT2D eigenvalue weighted by Crippen LogP contribution is -2.28. The minimum Gasteiger partial charge on any atom is -0.489 e. The molecular weight excluding hydrogens is 476 g/mol. The number of ether oxygens (including phenoxy) is 2. The van der Waals surface area contributed by atoms with Gasteiger partial charge in [-0.15, -0.1) is 0 Å². The normalized spacial score (nSPS) is 14.4. The minimum atomic E-state index is -0.710. The first-order valence-corrected chi connectivity index (χ1v) is 11.8. The molecule has 0 saturated carbocycles. The number of imide groups is 1. The average Bonchev–Trinajstić information content (AvgIpc) is 3.32. The van der Waals surface area contributed by atoms with Crippen LogP contribution in [0.4, 0.5) is 10.5 Å². The van der Waals surface area contributed by atoms with Crippen LogP contribution in [0.3, 0.4) is 0 Å². The molecule has 180 valence electrons. The largest absolute Gasteiger partial charge is 0.489 e. The van der Waals surface area contributed by atoms with Crippen LogP contribution in [0.1, 0.15) is 22.5 Å². The highest BCUT2D eigenvalue weighted by molar-refractivity contribution is 6.31. The Hall–Kier alpha value is -4.29. The lowest BCUT2D eigenvalue weighted by atomic mass is 10.2. The van der Waals surface area contributed by atoms with E-state index in [2.05, 4.69) is 4.57 Å². The first-order valence-electron chi connectivity index (χ1n) is 11.4. The van der Waals surface area contributed by atoms with Crippen LogP contribution in [0.5, 0.6) is 5.75 Å². The SMILES string of the molecule is Cc1cc(C=C2OC(=O)N(c3ccccc3)C2=O)c(C)n1-c1ccc(OCc2ccccc2Cl)cc1. The van der Waals surface area contributed by atoms with Crippen molar-refractivity contribution in [1.29, 1.82) is 0 Å². The van der Waals surface area contributed by atoms with Gasteiger partial charge in [0, 0.05) is 27.7 Å². The van der Waals surface area contributed by atoms with Crippen molar-refractivity contribution in [1.82, 2.24) is 4.57 Å². The number of cyclic esters (lactones) is 1. The van der Waals surface area contributed by atoms with E-state index in [9.17, 15) is 9.59 Å². The molecule has 0 unspecified atom stereocenters. The fourth-order valence-electron chi connectivity index (χ4n) is 4.21. The van der Waals surface area contributed by atoms with Crippen LogP contribution in [0.25, 0.3) is 11.8 Å². The molecule has 1 aliphatic heterocycles. The van der Waals surface area contributed by atoms with E-state index >= 15 is 0 Å². The second kappa shape index (κ2) is 9.76. The summed E-state index contributed by atoms with van der Waals surface area (Å²) >= 11 is 6.21. The number of para-hydroxylation sites is 1. The molecule has 0 atom stereocenters. The summed E-state index contributed by atoms with van der Waals surface area (Å²) in [6, 6.07) is 26.0. The summed E-state index contributed by atoms with van der Waals surface area (Å²) in [5, 5.41) is 0.674. The topological polar surface area (TPSA) is 60.8 Å². The number of hydrogen-bond donors (Lipinski definition) is 0. The maximum atomic E-state index is 12.9. The molecule has 0 radical (unpaired) electrons. The van der Waals surface area contributed by atoms with Crippen molar-refractivity contribution in [3.8, 4) is 11.4 Å². The van der Waals surface area contributed by atoms with E-state index in [1.807, 2.05) is 74.5 Å². The molecule has 36 heavy (non-hydrogen) atoms. The number of amides is 2. The Kier molecular flexibility index (Phi) is 6.36. The van der Waals surface area contributed by atoms with Crippen LogP contribution in [-0.2, 0) is 16.1 Å². The number of carbonyl (C=O) groups excluding carboxylic acids is 2. The van der Waals surface area contributed by atoms with Crippen molar-refractivity contribution in [3.63, 3.8) is 0 Å². The van der Waals surface area contributed by atoms with Gasteiger partial charge in [0.15, 0.2) is 5.76 Å². The second-order valence-corrected chi connectivity index (χ2v) is 8.80. The van der Waals surface area contributed by atoms with E-state index in [0.717, 1.165) is 38.9 Å². The monoisotopic (exact) mass is 498 g/mol. The fraction of sp³-hybridized carbons (Fsp3) is 0.103. The summed E-state index contributed by atoms with van der Waals surface area (Å²) < 4.78 is 13.3. The molecule has 1 aromatic heterocycles. The minimum absolute atomic E-state index is 0.00702. The molecule has 4 aromatic rings. The molecule has 0 bridgehead atoms. The second-order valence-electron chi connectivity index (χ2n) is 8.39. The van der Waals surface area contributed by atoms with Crippen LogP contribution in [0.15, 0.2) is 90.7 Å². The van der Waals surface area contributed by atoms with E-state index in [4.69, 9.17) is 21.1 Å². The van der Waals surface area contributed by atoms with Crippen molar-refractivity contribution in [2.24, 2.45) is 0 Å².